The van der Waals surface area contributed by atoms with E-state index in [1.807, 2.05) is 13.0 Å². The number of nitriles is 1. The molecule has 5 nitrogen and oxygen atoms in total. The Kier molecular flexibility index (Phi) is 5.98. The molecule has 5 heteroatoms. The van der Waals surface area contributed by atoms with Gasteiger partial charge in [0.1, 0.15) is 23.1 Å². The summed E-state index contributed by atoms with van der Waals surface area (Å²) in [5.74, 6) is 0.899. The van der Waals surface area contributed by atoms with Crippen LogP contribution >= 0.6 is 0 Å². The number of nitrogens with zero attached hydrogens (tertiary/aromatic N) is 1. The summed E-state index contributed by atoms with van der Waals surface area (Å²) in [7, 11) is 1.55. The van der Waals surface area contributed by atoms with E-state index in [1.165, 1.54) is 6.08 Å². The predicted molar refractivity (Wildman–Crippen MR) is 92.8 cm³/mol. The van der Waals surface area contributed by atoms with E-state index in [0.717, 1.165) is 11.3 Å². The molecule has 0 atom stereocenters. The van der Waals surface area contributed by atoms with Gasteiger partial charge in [0.05, 0.1) is 13.7 Å². The van der Waals surface area contributed by atoms with E-state index >= 15 is 0 Å². The van der Waals surface area contributed by atoms with Crippen molar-refractivity contribution in [2.75, 3.05) is 19.0 Å². The van der Waals surface area contributed by atoms with Gasteiger partial charge in [0, 0.05) is 11.8 Å². The molecule has 1 N–H and O–H groups in total. The number of carbonyl (C=O) groups is 1. The lowest BCUT2D eigenvalue weighted by Gasteiger charge is -2.06. The van der Waals surface area contributed by atoms with Gasteiger partial charge in [-0.25, -0.2) is 0 Å². The summed E-state index contributed by atoms with van der Waals surface area (Å²) >= 11 is 0. The van der Waals surface area contributed by atoms with Crippen LogP contribution in [0.2, 0.25) is 0 Å². The van der Waals surface area contributed by atoms with Crippen molar-refractivity contribution in [2.45, 2.75) is 6.92 Å². The first-order chi connectivity index (χ1) is 11.7. The van der Waals surface area contributed by atoms with Gasteiger partial charge in [-0.15, -0.1) is 0 Å². The Morgan fingerprint density at radius 2 is 1.96 bits per heavy atom. The van der Waals surface area contributed by atoms with Gasteiger partial charge in [0.15, 0.2) is 0 Å². The van der Waals surface area contributed by atoms with Crippen molar-refractivity contribution in [3.05, 3.63) is 59.7 Å². The Balaban J connectivity index is 2.14. The highest BCUT2D eigenvalue weighted by Gasteiger charge is 2.10. The summed E-state index contributed by atoms with van der Waals surface area (Å²) in [6.45, 7) is 2.49. The summed E-state index contributed by atoms with van der Waals surface area (Å²) in [6, 6.07) is 16.1. The lowest BCUT2D eigenvalue weighted by Crippen LogP contribution is -2.13. The van der Waals surface area contributed by atoms with Gasteiger partial charge in [0.25, 0.3) is 5.91 Å². The Hall–Kier alpha value is -3.26. The molecule has 0 saturated heterocycles. The number of methoxy groups -OCH3 is 1. The first kappa shape index (κ1) is 17.1. The third-order valence-corrected chi connectivity index (χ3v) is 3.19. The van der Waals surface area contributed by atoms with E-state index in [9.17, 15) is 10.1 Å². The zero-order valence-electron chi connectivity index (χ0n) is 13.6. The summed E-state index contributed by atoms with van der Waals surface area (Å²) in [4.78, 5) is 12.2. The van der Waals surface area contributed by atoms with Crippen LogP contribution in [0.25, 0.3) is 6.08 Å². The average Bonchev–Trinajstić information content (AvgIpc) is 2.61. The normalized spacial score (nSPS) is 10.6. The highest BCUT2D eigenvalue weighted by molar-refractivity contribution is 6.09. The molecule has 2 rings (SSSR count). The van der Waals surface area contributed by atoms with Crippen LogP contribution in [-0.4, -0.2) is 19.6 Å². The zero-order chi connectivity index (χ0) is 17.4. The number of nitrogens with one attached hydrogen (secondary N) is 1. The second kappa shape index (κ2) is 8.39. The van der Waals surface area contributed by atoms with Gasteiger partial charge in [-0.05, 0) is 42.8 Å². The molecular weight excluding hydrogens is 304 g/mol. The van der Waals surface area contributed by atoms with Gasteiger partial charge in [-0.2, -0.15) is 5.26 Å². The highest BCUT2D eigenvalue weighted by Crippen LogP contribution is 2.18. The quantitative estimate of drug-likeness (QED) is 0.651. The van der Waals surface area contributed by atoms with Gasteiger partial charge >= 0.3 is 0 Å². The van der Waals surface area contributed by atoms with Crippen molar-refractivity contribution in [3.8, 4) is 17.6 Å². The summed E-state index contributed by atoms with van der Waals surface area (Å²) in [6.07, 6.45) is 1.53. The average molecular weight is 322 g/mol. The lowest BCUT2D eigenvalue weighted by molar-refractivity contribution is -0.112. The maximum absolute atomic E-state index is 12.2. The molecule has 0 saturated carbocycles. The maximum Gasteiger partial charge on any atom is 0.266 e. The third-order valence-electron chi connectivity index (χ3n) is 3.19. The fourth-order valence-electron chi connectivity index (χ4n) is 2.04. The van der Waals surface area contributed by atoms with Crippen LogP contribution in [0.15, 0.2) is 54.1 Å². The van der Waals surface area contributed by atoms with Crippen molar-refractivity contribution >= 4 is 17.7 Å². The van der Waals surface area contributed by atoms with Crippen LogP contribution in [0.3, 0.4) is 0 Å². The minimum absolute atomic E-state index is 0.0157. The van der Waals surface area contributed by atoms with Crippen molar-refractivity contribution in [1.82, 2.24) is 0 Å². The van der Waals surface area contributed by atoms with E-state index in [2.05, 4.69) is 5.32 Å². The molecule has 0 heterocycles. The molecule has 0 radical (unpaired) electrons. The Morgan fingerprint density at radius 1 is 1.21 bits per heavy atom. The molecular formula is C19H18N2O3. The van der Waals surface area contributed by atoms with Crippen LogP contribution in [0.4, 0.5) is 5.69 Å². The van der Waals surface area contributed by atoms with E-state index in [-0.39, 0.29) is 5.57 Å². The molecule has 122 valence electrons. The van der Waals surface area contributed by atoms with Crippen LogP contribution in [-0.2, 0) is 4.79 Å². The van der Waals surface area contributed by atoms with Gasteiger partial charge in [-0.1, -0.05) is 18.2 Å². The Labute approximate surface area is 141 Å². The van der Waals surface area contributed by atoms with Crippen LogP contribution in [0.1, 0.15) is 12.5 Å². The number of benzene rings is 2. The molecule has 0 aliphatic heterocycles. The molecule has 1 amide bonds. The second-order valence-corrected chi connectivity index (χ2v) is 4.86. The van der Waals surface area contributed by atoms with Gasteiger partial charge < -0.3 is 14.8 Å². The highest BCUT2D eigenvalue weighted by atomic mass is 16.5. The number of hydrogen-bond donors (Lipinski definition) is 1. The molecule has 24 heavy (non-hydrogen) atoms. The monoisotopic (exact) mass is 322 g/mol. The topological polar surface area (TPSA) is 71.3 Å². The molecule has 0 spiro atoms. The molecule has 2 aromatic carbocycles. The molecule has 0 aromatic heterocycles. The van der Waals surface area contributed by atoms with Gasteiger partial charge in [0.2, 0.25) is 0 Å². The summed E-state index contributed by atoms with van der Waals surface area (Å²) < 4.78 is 10.5. The summed E-state index contributed by atoms with van der Waals surface area (Å²) in [5, 5.41) is 11.9. The van der Waals surface area contributed by atoms with Crippen molar-refractivity contribution in [1.29, 1.82) is 5.26 Å². The molecule has 0 bridgehead atoms. The van der Waals surface area contributed by atoms with Crippen molar-refractivity contribution in [2.24, 2.45) is 0 Å². The molecule has 0 aliphatic carbocycles. The largest absolute Gasteiger partial charge is 0.497 e. The standard InChI is InChI=1S/C19H18N2O3/c1-3-24-17-9-7-14(8-10-17)11-15(13-20)19(22)21-16-5-4-6-18(12-16)23-2/h4-12H,3H2,1-2H3,(H,21,22)/b15-11-. The van der Waals surface area contributed by atoms with E-state index in [1.54, 1.807) is 55.6 Å². The smallest absolute Gasteiger partial charge is 0.266 e. The number of carbonyl (C=O) groups excluding carboxylic acids is 1. The van der Waals surface area contributed by atoms with E-state index in [4.69, 9.17) is 9.47 Å². The molecule has 0 fully saturated rings. The zero-order valence-corrected chi connectivity index (χ0v) is 13.6. The second-order valence-electron chi connectivity index (χ2n) is 4.86. The van der Waals surface area contributed by atoms with E-state index < -0.39 is 5.91 Å². The fourth-order valence-corrected chi connectivity index (χ4v) is 2.04. The van der Waals surface area contributed by atoms with E-state index in [0.29, 0.717) is 18.0 Å². The number of amides is 1. The summed E-state index contributed by atoms with van der Waals surface area (Å²) in [5.41, 5.74) is 1.32. The first-order valence-electron chi connectivity index (χ1n) is 7.46. The first-order valence-corrected chi connectivity index (χ1v) is 7.46. The number of anilines is 1. The molecule has 0 aliphatic rings. The SMILES string of the molecule is CCOc1ccc(/C=C(/C#N)C(=O)Nc2cccc(OC)c2)cc1. The number of ether oxygens (including phenoxy) is 2. The minimum Gasteiger partial charge on any atom is -0.497 e. The van der Waals surface area contributed by atoms with Crippen LogP contribution < -0.4 is 14.8 Å². The fraction of sp³-hybridized carbons (Fsp3) is 0.158. The minimum atomic E-state index is -0.473. The lowest BCUT2D eigenvalue weighted by atomic mass is 10.1. The van der Waals surface area contributed by atoms with Crippen molar-refractivity contribution in [3.63, 3.8) is 0 Å². The molecule has 0 unspecified atom stereocenters. The predicted octanol–water partition coefficient (Wildman–Crippen LogP) is 3.64. The number of hydrogen-bond acceptors (Lipinski definition) is 4. The van der Waals surface area contributed by atoms with Crippen molar-refractivity contribution < 1.29 is 14.3 Å². The number of rotatable bonds is 6. The maximum atomic E-state index is 12.2. The third kappa shape index (κ3) is 4.62. The Bertz CT molecular complexity index is 774. The molecule has 2 aromatic rings. The van der Waals surface area contributed by atoms with Crippen LogP contribution in [0.5, 0.6) is 11.5 Å². The van der Waals surface area contributed by atoms with Gasteiger partial charge in [-0.3, -0.25) is 4.79 Å². The van der Waals surface area contributed by atoms with Crippen LogP contribution in [0, 0.1) is 11.3 Å². The Morgan fingerprint density at radius 3 is 2.58 bits per heavy atom.